The molecule has 168 valence electrons. The molecule has 7 nitrogen and oxygen atoms in total. The third-order valence-corrected chi connectivity index (χ3v) is 5.33. The average Bonchev–Trinajstić information content (AvgIpc) is 3.51. The second-order valence-electron chi connectivity index (χ2n) is 7.67. The molecule has 0 fully saturated rings. The van der Waals surface area contributed by atoms with Gasteiger partial charge in [-0.3, -0.25) is 4.79 Å². The van der Waals surface area contributed by atoms with Crippen molar-refractivity contribution in [1.82, 2.24) is 24.9 Å². The first-order chi connectivity index (χ1) is 15.8. The van der Waals surface area contributed by atoms with Gasteiger partial charge in [0.05, 0.1) is 6.26 Å². The molecule has 0 saturated carbocycles. The second kappa shape index (κ2) is 7.80. The number of benzene rings is 1. The van der Waals surface area contributed by atoms with Gasteiger partial charge in [-0.15, -0.1) is 0 Å². The predicted octanol–water partition coefficient (Wildman–Crippen LogP) is 4.77. The lowest BCUT2D eigenvalue weighted by atomic mass is 10.1. The van der Waals surface area contributed by atoms with E-state index in [-0.39, 0.29) is 22.8 Å². The molecule has 0 saturated heterocycles. The summed E-state index contributed by atoms with van der Waals surface area (Å²) in [5.41, 5.74) is 1.86. The third kappa shape index (κ3) is 3.95. The summed E-state index contributed by atoms with van der Waals surface area (Å²) in [4.78, 5) is 20.0. The molecular formula is C23H18F3N5O2. The minimum atomic E-state index is -4.70. The first kappa shape index (κ1) is 20.8. The van der Waals surface area contributed by atoms with E-state index in [1.54, 1.807) is 6.07 Å². The molecule has 5 rings (SSSR count). The average molecular weight is 453 g/mol. The van der Waals surface area contributed by atoms with Crippen LogP contribution in [-0.2, 0) is 12.6 Å². The number of fused-ring (bicyclic) bond motifs is 2. The highest BCUT2D eigenvalue weighted by Crippen LogP contribution is 2.32. The van der Waals surface area contributed by atoms with Gasteiger partial charge in [-0.25, -0.2) is 9.50 Å². The maximum atomic E-state index is 13.6. The fourth-order valence-corrected chi connectivity index (χ4v) is 3.74. The Morgan fingerprint density at radius 1 is 1.21 bits per heavy atom. The lowest BCUT2D eigenvalue weighted by Gasteiger charge is -2.09. The van der Waals surface area contributed by atoms with Gasteiger partial charge in [0.1, 0.15) is 5.69 Å². The molecule has 4 aromatic heterocycles. The number of carbonyl (C=O) groups is 1. The molecule has 0 radical (unpaired) electrons. The molecule has 0 spiro atoms. The number of aryl methyl sites for hydroxylation is 1. The Balaban J connectivity index is 1.38. The summed E-state index contributed by atoms with van der Waals surface area (Å²) in [5.74, 6) is -0.395. The maximum Gasteiger partial charge on any atom is 0.433 e. The molecule has 33 heavy (non-hydrogen) atoms. The normalized spacial score (nSPS) is 12.0. The van der Waals surface area contributed by atoms with E-state index in [1.807, 2.05) is 25.3 Å². The van der Waals surface area contributed by atoms with Crippen molar-refractivity contribution < 1.29 is 22.4 Å². The summed E-state index contributed by atoms with van der Waals surface area (Å²) in [7, 11) is 0. The molecule has 0 bridgehead atoms. The van der Waals surface area contributed by atoms with E-state index in [0.717, 1.165) is 28.1 Å². The Labute approximate surface area is 185 Å². The molecule has 10 heteroatoms. The van der Waals surface area contributed by atoms with E-state index in [1.165, 1.54) is 18.4 Å². The molecule has 0 unspecified atom stereocenters. The van der Waals surface area contributed by atoms with Crippen LogP contribution in [0.2, 0.25) is 0 Å². The summed E-state index contributed by atoms with van der Waals surface area (Å²) < 4.78 is 46.7. The zero-order valence-electron chi connectivity index (χ0n) is 17.4. The Hall–Kier alpha value is -4.08. The number of hydrogen-bond donors (Lipinski definition) is 2. The van der Waals surface area contributed by atoms with Gasteiger partial charge >= 0.3 is 6.18 Å². The second-order valence-corrected chi connectivity index (χ2v) is 7.67. The SMILES string of the molecule is Cc1ccc2[nH]cc(CCNC(=O)c3cc4nc(-c5ccco5)cc(C(F)(F)F)n4n3)c2c1. The molecule has 0 aliphatic carbocycles. The van der Waals surface area contributed by atoms with E-state index in [2.05, 4.69) is 26.4 Å². The van der Waals surface area contributed by atoms with Gasteiger partial charge in [0.25, 0.3) is 5.91 Å². The van der Waals surface area contributed by atoms with Gasteiger partial charge in [0.2, 0.25) is 0 Å². The molecule has 5 aromatic rings. The van der Waals surface area contributed by atoms with Crippen molar-refractivity contribution >= 4 is 22.5 Å². The summed E-state index contributed by atoms with van der Waals surface area (Å²) >= 11 is 0. The smallest absolute Gasteiger partial charge is 0.433 e. The van der Waals surface area contributed by atoms with E-state index < -0.39 is 17.8 Å². The maximum absolute atomic E-state index is 13.6. The molecule has 4 heterocycles. The van der Waals surface area contributed by atoms with Crippen LogP contribution in [0.5, 0.6) is 0 Å². The summed E-state index contributed by atoms with van der Waals surface area (Å²) in [5, 5.41) is 7.66. The molecular weight excluding hydrogens is 435 g/mol. The van der Waals surface area contributed by atoms with Crippen LogP contribution in [0.15, 0.2) is 59.3 Å². The Kier molecular flexibility index (Phi) is 4.92. The number of alkyl halides is 3. The first-order valence-electron chi connectivity index (χ1n) is 10.2. The molecule has 0 atom stereocenters. The summed E-state index contributed by atoms with van der Waals surface area (Å²) in [6.45, 7) is 2.30. The summed E-state index contributed by atoms with van der Waals surface area (Å²) in [6.07, 6.45) is -0.914. The van der Waals surface area contributed by atoms with Crippen molar-refractivity contribution in [2.24, 2.45) is 0 Å². The van der Waals surface area contributed by atoms with E-state index in [0.29, 0.717) is 17.5 Å². The highest BCUT2D eigenvalue weighted by molar-refractivity contribution is 5.93. The van der Waals surface area contributed by atoms with Crippen LogP contribution in [0.4, 0.5) is 13.2 Å². The lowest BCUT2D eigenvalue weighted by molar-refractivity contribution is -0.142. The molecule has 0 aliphatic rings. The Morgan fingerprint density at radius 3 is 2.82 bits per heavy atom. The fraction of sp³-hybridized carbons (Fsp3) is 0.174. The largest absolute Gasteiger partial charge is 0.463 e. The molecule has 0 aliphatic heterocycles. The van der Waals surface area contributed by atoms with Crippen molar-refractivity contribution in [2.75, 3.05) is 6.54 Å². The third-order valence-electron chi connectivity index (χ3n) is 5.33. The van der Waals surface area contributed by atoms with Gasteiger partial charge in [0, 0.05) is 29.7 Å². The Morgan fingerprint density at radius 2 is 2.06 bits per heavy atom. The van der Waals surface area contributed by atoms with Crippen LogP contribution in [0.3, 0.4) is 0 Å². The minimum Gasteiger partial charge on any atom is -0.463 e. The fourth-order valence-electron chi connectivity index (χ4n) is 3.74. The van der Waals surface area contributed by atoms with Crippen LogP contribution in [0.1, 0.15) is 27.3 Å². The monoisotopic (exact) mass is 453 g/mol. The van der Waals surface area contributed by atoms with Gasteiger partial charge in [-0.2, -0.15) is 18.3 Å². The van der Waals surface area contributed by atoms with Crippen molar-refractivity contribution in [3.63, 3.8) is 0 Å². The zero-order chi connectivity index (χ0) is 23.2. The van der Waals surface area contributed by atoms with Crippen molar-refractivity contribution in [3.05, 3.63) is 77.4 Å². The number of amides is 1. The number of halogens is 3. The number of H-pyrrole nitrogens is 1. The molecule has 2 N–H and O–H groups in total. The van der Waals surface area contributed by atoms with E-state index in [4.69, 9.17) is 4.42 Å². The van der Waals surface area contributed by atoms with Crippen LogP contribution in [0.25, 0.3) is 28.0 Å². The number of nitrogens with one attached hydrogen (secondary N) is 2. The van der Waals surface area contributed by atoms with Gasteiger partial charge < -0.3 is 14.7 Å². The van der Waals surface area contributed by atoms with Gasteiger partial charge in [0.15, 0.2) is 22.8 Å². The molecule has 1 aromatic carbocycles. The van der Waals surface area contributed by atoms with E-state index in [9.17, 15) is 18.0 Å². The quantitative estimate of drug-likeness (QED) is 0.401. The van der Waals surface area contributed by atoms with Gasteiger partial charge in [-0.1, -0.05) is 11.6 Å². The number of hydrogen-bond acceptors (Lipinski definition) is 4. The minimum absolute atomic E-state index is 0.00122. The van der Waals surface area contributed by atoms with Crippen LogP contribution < -0.4 is 5.32 Å². The predicted molar refractivity (Wildman–Crippen MR) is 115 cm³/mol. The van der Waals surface area contributed by atoms with Crippen molar-refractivity contribution in [1.29, 1.82) is 0 Å². The topological polar surface area (TPSA) is 88.2 Å². The van der Waals surface area contributed by atoms with Gasteiger partial charge in [-0.05, 0) is 49.2 Å². The Bertz CT molecular complexity index is 1470. The van der Waals surface area contributed by atoms with Crippen LogP contribution in [-0.4, -0.2) is 32.0 Å². The number of furan rings is 1. The number of aromatic amines is 1. The lowest BCUT2D eigenvalue weighted by Crippen LogP contribution is -2.26. The number of nitrogens with zero attached hydrogens (tertiary/aromatic N) is 3. The van der Waals surface area contributed by atoms with Crippen molar-refractivity contribution in [2.45, 2.75) is 19.5 Å². The highest BCUT2D eigenvalue weighted by Gasteiger charge is 2.36. The first-order valence-corrected chi connectivity index (χ1v) is 10.2. The standard InChI is InChI=1S/C23H18F3N5O2/c1-13-4-5-16-15(9-13)14(12-28-16)6-7-27-22(32)18-11-21-29-17(19-3-2-8-33-19)10-20(23(24,25)26)31(21)30-18/h2-5,8-12,28H,6-7H2,1H3,(H,27,32). The zero-order valence-corrected chi connectivity index (χ0v) is 17.4. The van der Waals surface area contributed by atoms with Crippen LogP contribution in [0, 0.1) is 6.92 Å². The van der Waals surface area contributed by atoms with E-state index >= 15 is 0 Å². The number of rotatable bonds is 5. The van der Waals surface area contributed by atoms with Crippen LogP contribution >= 0.6 is 0 Å². The number of aromatic nitrogens is 4. The molecule has 1 amide bonds. The number of carbonyl (C=O) groups excluding carboxylic acids is 1. The summed E-state index contributed by atoms with van der Waals surface area (Å²) in [6, 6.07) is 11.2. The van der Waals surface area contributed by atoms with Crippen molar-refractivity contribution in [3.8, 4) is 11.5 Å². The highest BCUT2D eigenvalue weighted by atomic mass is 19.4.